The quantitative estimate of drug-likeness (QED) is 0.229. The second-order valence-electron chi connectivity index (χ2n) is 9.19. The van der Waals surface area contributed by atoms with Crippen LogP contribution in [0.3, 0.4) is 0 Å². The molecule has 0 amide bonds. The van der Waals surface area contributed by atoms with E-state index in [1.165, 1.54) is 12.1 Å². The largest absolute Gasteiger partial charge is 0.489 e. The number of nitrogens with zero attached hydrogens (tertiary/aromatic N) is 1. The Bertz CT molecular complexity index is 1600. The third-order valence-electron chi connectivity index (χ3n) is 6.45. The van der Waals surface area contributed by atoms with Gasteiger partial charge >= 0.3 is 0 Å². The van der Waals surface area contributed by atoms with Crippen molar-refractivity contribution < 1.29 is 22.4 Å². The Hall–Kier alpha value is -3.91. The molecule has 7 heteroatoms. The van der Waals surface area contributed by atoms with Gasteiger partial charge in [0.05, 0.1) is 17.5 Å². The summed E-state index contributed by atoms with van der Waals surface area (Å²) in [5, 5.41) is 12.2. The Morgan fingerprint density at radius 3 is 2.24 bits per heavy atom. The number of aliphatic hydroxyl groups is 1. The number of ether oxygens (including phenoxy) is 1. The second-order valence-corrected chi connectivity index (χ2v) is 10.8. The van der Waals surface area contributed by atoms with Gasteiger partial charge in [0, 0.05) is 17.1 Å². The number of benzene rings is 4. The molecule has 2 atom stereocenters. The second kappa shape index (κ2) is 11.2. The number of aryl methyl sites for hydroxylation is 1. The lowest BCUT2D eigenvalue weighted by atomic mass is 10.0. The highest BCUT2D eigenvalue weighted by Crippen LogP contribution is 2.31. The van der Waals surface area contributed by atoms with Crippen LogP contribution in [-0.4, -0.2) is 30.8 Å². The zero-order chi connectivity index (χ0) is 26.5. The van der Waals surface area contributed by atoms with E-state index >= 15 is 0 Å². The van der Waals surface area contributed by atoms with Gasteiger partial charge < -0.3 is 14.4 Å². The first kappa shape index (κ1) is 25.7. The van der Waals surface area contributed by atoms with E-state index in [0.29, 0.717) is 6.61 Å². The molecule has 5 rings (SSSR count). The van der Waals surface area contributed by atoms with E-state index in [0.717, 1.165) is 33.3 Å². The first-order valence-corrected chi connectivity index (χ1v) is 13.8. The van der Waals surface area contributed by atoms with Crippen LogP contribution in [0, 0.1) is 6.92 Å². The molecule has 0 aliphatic carbocycles. The van der Waals surface area contributed by atoms with Crippen LogP contribution in [0.2, 0.25) is 0 Å². The van der Waals surface area contributed by atoms with E-state index < -0.39 is 28.9 Å². The molecule has 0 saturated carbocycles. The molecule has 0 spiro atoms. The van der Waals surface area contributed by atoms with Gasteiger partial charge in [-0.2, -0.15) is 8.42 Å². The summed E-state index contributed by atoms with van der Waals surface area (Å²) in [7, 11) is -4.02. The van der Waals surface area contributed by atoms with Crippen molar-refractivity contribution in [2.45, 2.75) is 30.6 Å². The molecular weight excluding hydrogens is 498 g/mol. The molecule has 1 N–H and O–H groups in total. The number of fused-ring (bicyclic) bond motifs is 1. The number of rotatable bonds is 10. The summed E-state index contributed by atoms with van der Waals surface area (Å²) < 4.78 is 38.7. The Labute approximate surface area is 222 Å². The minimum Gasteiger partial charge on any atom is -0.489 e. The molecule has 0 aliphatic heterocycles. The molecule has 1 aromatic heterocycles. The highest BCUT2D eigenvalue weighted by atomic mass is 32.2. The van der Waals surface area contributed by atoms with Crippen LogP contribution >= 0.6 is 0 Å². The third-order valence-corrected chi connectivity index (χ3v) is 7.74. The fourth-order valence-corrected chi connectivity index (χ4v) is 5.38. The molecule has 0 saturated heterocycles. The molecule has 38 heavy (non-hydrogen) atoms. The molecule has 0 radical (unpaired) electrons. The molecule has 6 nitrogen and oxygen atoms in total. The maximum atomic E-state index is 12.8. The van der Waals surface area contributed by atoms with Crippen molar-refractivity contribution in [1.29, 1.82) is 0 Å². The maximum absolute atomic E-state index is 12.8. The predicted molar refractivity (Wildman–Crippen MR) is 148 cm³/mol. The van der Waals surface area contributed by atoms with Gasteiger partial charge in [-0.1, -0.05) is 78.4 Å². The van der Waals surface area contributed by atoms with Crippen LogP contribution in [0.5, 0.6) is 5.75 Å². The highest BCUT2D eigenvalue weighted by Gasteiger charge is 2.27. The van der Waals surface area contributed by atoms with Gasteiger partial charge in [0.1, 0.15) is 18.5 Å². The molecule has 0 fully saturated rings. The smallest absolute Gasteiger partial charge is 0.297 e. The molecule has 2 unspecified atom stereocenters. The summed E-state index contributed by atoms with van der Waals surface area (Å²) in [4.78, 5) is 0.0565. The molecule has 5 aromatic rings. The van der Waals surface area contributed by atoms with Gasteiger partial charge in [-0.3, -0.25) is 4.18 Å². The summed E-state index contributed by atoms with van der Waals surface area (Å²) in [5.41, 5.74) is 3.74. The van der Waals surface area contributed by atoms with Gasteiger partial charge in [-0.15, -0.1) is 0 Å². The van der Waals surface area contributed by atoms with Crippen LogP contribution in [0.15, 0.2) is 120 Å². The Morgan fingerprint density at radius 1 is 0.842 bits per heavy atom. The summed E-state index contributed by atoms with van der Waals surface area (Å²) >= 11 is 0. The van der Waals surface area contributed by atoms with Crippen molar-refractivity contribution in [3.05, 3.63) is 132 Å². The van der Waals surface area contributed by atoms with Crippen molar-refractivity contribution in [1.82, 2.24) is 4.57 Å². The van der Waals surface area contributed by atoms with Crippen LogP contribution in [0.1, 0.15) is 22.7 Å². The Kier molecular flexibility index (Phi) is 7.60. The maximum Gasteiger partial charge on any atom is 0.297 e. The normalized spacial score (nSPS) is 13.3. The van der Waals surface area contributed by atoms with Gasteiger partial charge in [-0.25, -0.2) is 0 Å². The van der Waals surface area contributed by atoms with Crippen LogP contribution in [0.4, 0.5) is 0 Å². The van der Waals surface area contributed by atoms with Crippen LogP contribution in [-0.2, 0) is 20.9 Å². The summed E-state index contributed by atoms with van der Waals surface area (Å²) in [6.07, 6.45) is 0.753. The number of aromatic nitrogens is 1. The molecule has 0 aliphatic rings. The van der Waals surface area contributed by atoms with E-state index in [2.05, 4.69) is 0 Å². The van der Waals surface area contributed by atoms with E-state index in [-0.39, 0.29) is 4.90 Å². The van der Waals surface area contributed by atoms with Gasteiger partial charge in [0.2, 0.25) is 0 Å². The van der Waals surface area contributed by atoms with Crippen molar-refractivity contribution >= 4 is 21.0 Å². The first-order chi connectivity index (χ1) is 18.4. The van der Waals surface area contributed by atoms with Gasteiger partial charge in [0.15, 0.2) is 0 Å². The van der Waals surface area contributed by atoms with Crippen LogP contribution < -0.4 is 4.74 Å². The lowest BCUT2D eigenvalue weighted by Gasteiger charge is -2.26. The zero-order valence-electron chi connectivity index (χ0n) is 21.0. The van der Waals surface area contributed by atoms with E-state index in [9.17, 15) is 13.5 Å². The van der Waals surface area contributed by atoms with E-state index in [1.54, 1.807) is 12.1 Å². The van der Waals surface area contributed by atoms with E-state index in [4.69, 9.17) is 8.92 Å². The molecule has 1 heterocycles. The van der Waals surface area contributed by atoms with Gasteiger partial charge in [-0.05, 0) is 54.4 Å². The summed E-state index contributed by atoms with van der Waals surface area (Å²) in [6.45, 7) is 1.95. The Balaban J connectivity index is 1.39. The van der Waals surface area contributed by atoms with E-state index in [1.807, 2.05) is 103 Å². The predicted octanol–water partition coefficient (Wildman–Crippen LogP) is 5.88. The SMILES string of the molecule is Cc1ccc(S(=O)(=O)OCC(O)C(c2ccccc2)n2ccc3cc(OCc4ccccc4)ccc32)cc1. The molecular formula is C31H29NO5S. The fraction of sp³-hybridized carbons (Fsp3) is 0.161. The average molecular weight is 528 g/mol. The number of aliphatic hydroxyl groups excluding tert-OH is 1. The summed E-state index contributed by atoms with van der Waals surface area (Å²) in [6, 6.07) is 33.1. The minimum atomic E-state index is -4.02. The monoisotopic (exact) mass is 527 g/mol. The molecule has 4 aromatic carbocycles. The van der Waals surface area contributed by atoms with Gasteiger partial charge in [0.25, 0.3) is 10.1 Å². The Morgan fingerprint density at radius 2 is 1.53 bits per heavy atom. The van der Waals surface area contributed by atoms with Crippen molar-refractivity contribution in [3.8, 4) is 5.75 Å². The average Bonchev–Trinajstić information content (AvgIpc) is 3.35. The number of hydrogen-bond acceptors (Lipinski definition) is 5. The standard InChI is InChI=1S/C31H29NO5S/c1-23-12-15-28(16-13-23)38(34,35)37-22-30(33)31(25-10-6-3-7-11-25)32-19-18-26-20-27(14-17-29(26)32)36-21-24-8-4-2-5-9-24/h2-20,30-31,33H,21-22H2,1H3. The third kappa shape index (κ3) is 5.81. The molecule has 0 bridgehead atoms. The minimum absolute atomic E-state index is 0.0565. The topological polar surface area (TPSA) is 77.8 Å². The van der Waals surface area contributed by atoms with Crippen molar-refractivity contribution in [2.75, 3.05) is 6.61 Å². The first-order valence-electron chi connectivity index (χ1n) is 12.4. The molecule has 194 valence electrons. The van der Waals surface area contributed by atoms with Crippen molar-refractivity contribution in [3.63, 3.8) is 0 Å². The zero-order valence-corrected chi connectivity index (χ0v) is 21.8. The fourth-order valence-electron chi connectivity index (χ4n) is 4.46. The van der Waals surface area contributed by atoms with Crippen molar-refractivity contribution in [2.24, 2.45) is 0 Å². The summed E-state index contributed by atoms with van der Waals surface area (Å²) in [5.74, 6) is 0.739. The van der Waals surface area contributed by atoms with Crippen LogP contribution in [0.25, 0.3) is 10.9 Å². The highest BCUT2D eigenvalue weighted by molar-refractivity contribution is 7.86. The number of hydrogen-bond donors (Lipinski definition) is 1. The lowest BCUT2D eigenvalue weighted by Crippen LogP contribution is -2.30. The lowest BCUT2D eigenvalue weighted by molar-refractivity contribution is 0.0785.